The van der Waals surface area contributed by atoms with E-state index in [1.54, 1.807) is 16.9 Å². The summed E-state index contributed by atoms with van der Waals surface area (Å²) in [6.07, 6.45) is 8.12. The van der Waals surface area contributed by atoms with Crippen molar-refractivity contribution in [1.29, 1.82) is 0 Å². The van der Waals surface area contributed by atoms with E-state index in [0.29, 0.717) is 29.9 Å². The summed E-state index contributed by atoms with van der Waals surface area (Å²) in [5.74, 6) is 0.722. The predicted octanol–water partition coefficient (Wildman–Crippen LogP) is 6.12. The Kier molecular flexibility index (Phi) is 9.03. The van der Waals surface area contributed by atoms with Crippen LogP contribution in [0.3, 0.4) is 0 Å². The van der Waals surface area contributed by atoms with E-state index in [0.717, 1.165) is 55.2 Å². The smallest absolute Gasteiger partial charge is 0.270 e. The van der Waals surface area contributed by atoms with Gasteiger partial charge in [0.15, 0.2) is 0 Å². The number of amides is 2. The van der Waals surface area contributed by atoms with Gasteiger partial charge in [-0.1, -0.05) is 31.8 Å². The van der Waals surface area contributed by atoms with Crippen molar-refractivity contribution in [1.82, 2.24) is 24.9 Å². The number of nitrogens with one attached hydrogen (secondary N) is 2. The van der Waals surface area contributed by atoms with Crippen molar-refractivity contribution in [2.75, 3.05) is 11.9 Å². The van der Waals surface area contributed by atoms with E-state index in [2.05, 4.69) is 35.4 Å². The van der Waals surface area contributed by atoms with E-state index in [9.17, 15) is 9.59 Å². The Hall–Kier alpha value is -3.24. The molecule has 2 N–H and O–H groups in total. The summed E-state index contributed by atoms with van der Waals surface area (Å²) in [6, 6.07) is 10.1. The van der Waals surface area contributed by atoms with Crippen LogP contribution < -0.4 is 10.6 Å². The van der Waals surface area contributed by atoms with Gasteiger partial charge in [-0.2, -0.15) is 10.2 Å². The molecule has 42 heavy (non-hydrogen) atoms. The van der Waals surface area contributed by atoms with E-state index in [1.165, 1.54) is 0 Å². The lowest BCUT2D eigenvalue weighted by atomic mass is 9.88. The molecule has 0 spiro atoms. The molecular formula is C32H46N6O3Si. The van der Waals surface area contributed by atoms with Gasteiger partial charge in [-0.05, 0) is 94.0 Å². The lowest BCUT2D eigenvalue weighted by molar-refractivity contribution is -0.119. The molecule has 9 nitrogen and oxygen atoms in total. The quantitative estimate of drug-likeness (QED) is 0.174. The number of aromatic nitrogens is 4. The first-order chi connectivity index (χ1) is 20.0. The van der Waals surface area contributed by atoms with Crippen LogP contribution in [0.5, 0.6) is 0 Å². The van der Waals surface area contributed by atoms with Crippen molar-refractivity contribution in [3.05, 3.63) is 54.0 Å². The lowest BCUT2D eigenvalue weighted by Crippen LogP contribution is -2.50. The highest BCUT2D eigenvalue weighted by Gasteiger charge is 2.48. The highest BCUT2D eigenvalue weighted by Crippen LogP contribution is 2.51. The van der Waals surface area contributed by atoms with Gasteiger partial charge in [-0.3, -0.25) is 14.3 Å². The summed E-state index contributed by atoms with van der Waals surface area (Å²) in [5.41, 5.74) is 4.13. The summed E-state index contributed by atoms with van der Waals surface area (Å²) in [4.78, 5) is 27.1. The summed E-state index contributed by atoms with van der Waals surface area (Å²) in [7, 11) is -1.13. The Morgan fingerprint density at radius 3 is 2.31 bits per heavy atom. The Morgan fingerprint density at radius 1 is 1.05 bits per heavy atom. The largest absolute Gasteiger partial charge is 0.360 e. The maximum absolute atomic E-state index is 13.8. The van der Waals surface area contributed by atoms with E-state index in [-0.39, 0.29) is 23.8 Å². The minimum Gasteiger partial charge on any atom is -0.360 e. The van der Waals surface area contributed by atoms with Crippen LogP contribution >= 0.6 is 0 Å². The second-order valence-corrected chi connectivity index (χ2v) is 19.2. The molecule has 5 rings (SSSR count). The van der Waals surface area contributed by atoms with Crippen molar-refractivity contribution < 1.29 is 14.3 Å². The minimum absolute atomic E-state index is 0.0479. The zero-order valence-electron chi connectivity index (χ0n) is 25.9. The van der Waals surface area contributed by atoms with Crippen LogP contribution in [0.15, 0.2) is 42.7 Å². The molecule has 1 aromatic carbocycles. The van der Waals surface area contributed by atoms with Crippen LogP contribution in [0.2, 0.25) is 25.7 Å². The zero-order chi connectivity index (χ0) is 30.0. The molecule has 226 valence electrons. The Bertz CT molecular complexity index is 1370. The summed E-state index contributed by atoms with van der Waals surface area (Å²) in [6.45, 7) is 14.3. The Balaban J connectivity index is 1.26. The van der Waals surface area contributed by atoms with E-state index < -0.39 is 14.1 Å². The normalized spacial score (nSPS) is 16.2. The number of hydrogen-bond donors (Lipinski definition) is 2. The van der Waals surface area contributed by atoms with Crippen LogP contribution in [-0.2, 0) is 16.3 Å². The lowest BCUT2D eigenvalue weighted by Gasteiger charge is -2.27. The van der Waals surface area contributed by atoms with Gasteiger partial charge in [0.05, 0.1) is 5.69 Å². The summed E-state index contributed by atoms with van der Waals surface area (Å²) >= 11 is 0. The van der Waals surface area contributed by atoms with Crippen molar-refractivity contribution >= 4 is 25.6 Å². The summed E-state index contributed by atoms with van der Waals surface area (Å²) < 4.78 is 9.42. The average molecular weight is 591 g/mol. The van der Waals surface area contributed by atoms with Gasteiger partial charge >= 0.3 is 0 Å². The molecule has 0 unspecified atom stereocenters. The third kappa shape index (κ3) is 7.58. The predicted molar refractivity (Wildman–Crippen MR) is 168 cm³/mol. The third-order valence-electron chi connectivity index (χ3n) is 8.27. The second-order valence-electron chi connectivity index (χ2n) is 13.6. The monoisotopic (exact) mass is 590 g/mol. The van der Waals surface area contributed by atoms with Crippen molar-refractivity contribution in [2.24, 2.45) is 17.8 Å². The van der Waals surface area contributed by atoms with Crippen molar-refractivity contribution in [2.45, 2.75) is 91.0 Å². The zero-order valence-corrected chi connectivity index (χ0v) is 26.9. The van der Waals surface area contributed by atoms with Gasteiger partial charge in [0, 0.05) is 44.4 Å². The van der Waals surface area contributed by atoms with Gasteiger partial charge in [0.25, 0.3) is 5.91 Å². The number of carbonyl (C=O) groups excluding carboxylic acids is 2. The number of benzene rings is 1. The van der Waals surface area contributed by atoms with Crippen LogP contribution in [0.1, 0.15) is 61.6 Å². The summed E-state index contributed by atoms with van der Waals surface area (Å²) in [5, 5.41) is 15.3. The number of hydrogen-bond acceptors (Lipinski definition) is 5. The number of ether oxygens (including phenoxy) is 1. The molecule has 0 saturated heterocycles. The number of aryl methyl sites for hydroxylation is 1. The molecule has 2 saturated carbocycles. The number of carbonyl (C=O) groups is 2. The highest BCUT2D eigenvalue weighted by molar-refractivity contribution is 6.76. The first-order valence-corrected chi connectivity index (χ1v) is 19.1. The standard InChI is InChI=1S/C32H46N6O3Si/c1-21(2)38-27(15-16-33-38)31(39)35-30(28(23-7-8-23)24-9-10-24)32(40)34-26-13-11-25(12-14-26)29-22(3)19-37(36-29)20-41-17-18-42(4,5)6/h11-16,19,21,23-24,28,30H,7-10,17-18,20H2,1-6H3,(H,34,40)(H,35,39)/t30-/m0/s1. The first-order valence-electron chi connectivity index (χ1n) is 15.4. The van der Waals surface area contributed by atoms with E-state index >= 15 is 0 Å². The molecule has 2 amide bonds. The maximum atomic E-state index is 13.8. The molecule has 2 aliphatic carbocycles. The van der Waals surface area contributed by atoms with E-state index in [1.807, 2.05) is 55.9 Å². The molecule has 2 heterocycles. The van der Waals surface area contributed by atoms with Crippen LogP contribution in [-0.4, -0.2) is 52.1 Å². The molecule has 1 atom stereocenters. The van der Waals surface area contributed by atoms with Crippen LogP contribution in [0, 0.1) is 24.7 Å². The molecule has 0 bridgehead atoms. The van der Waals surface area contributed by atoms with Crippen LogP contribution in [0.4, 0.5) is 5.69 Å². The Labute approximate surface area is 250 Å². The van der Waals surface area contributed by atoms with Crippen molar-refractivity contribution in [3.63, 3.8) is 0 Å². The van der Waals surface area contributed by atoms with Gasteiger partial charge in [-0.15, -0.1) is 0 Å². The first kappa shape index (κ1) is 30.2. The fourth-order valence-corrected chi connectivity index (χ4v) is 6.45. The average Bonchev–Trinajstić information content (AvgIpc) is 3.86. The highest BCUT2D eigenvalue weighted by atomic mass is 28.3. The number of anilines is 1. The fourth-order valence-electron chi connectivity index (χ4n) is 5.69. The molecule has 10 heteroatoms. The second kappa shape index (κ2) is 12.5. The van der Waals surface area contributed by atoms with Gasteiger partial charge < -0.3 is 15.4 Å². The molecule has 2 fully saturated rings. The molecule has 2 aromatic heterocycles. The van der Waals surface area contributed by atoms with Crippen molar-refractivity contribution in [3.8, 4) is 11.3 Å². The van der Waals surface area contributed by atoms with E-state index in [4.69, 9.17) is 9.84 Å². The topological polar surface area (TPSA) is 103 Å². The molecule has 0 aliphatic heterocycles. The molecule has 0 radical (unpaired) electrons. The van der Waals surface area contributed by atoms with Gasteiger partial charge in [0.2, 0.25) is 5.91 Å². The van der Waals surface area contributed by atoms with Gasteiger partial charge in [-0.25, -0.2) is 4.68 Å². The fraction of sp³-hybridized carbons (Fsp3) is 0.562. The number of nitrogens with zero attached hydrogens (tertiary/aromatic N) is 4. The molecular weight excluding hydrogens is 544 g/mol. The Morgan fingerprint density at radius 2 is 1.71 bits per heavy atom. The van der Waals surface area contributed by atoms with Gasteiger partial charge in [0.1, 0.15) is 18.5 Å². The molecule has 2 aliphatic rings. The number of rotatable bonds is 14. The maximum Gasteiger partial charge on any atom is 0.270 e. The minimum atomic E-state index is -1.13. The third-order valence-corrected chi connectivity index (χ3v) is 9.97. The molecule has 3 aromatic rings. The van der Waals surface area contributed by atoms with Crippen LogP contribution in [0.25, 0.3) is 11.3 Å². The SMILES string of the molecule is Cc1cn(COCC[Si](C)(C)C)nc1-c1ccc(NC(=O)[C@@H](NC(=O)c2ccnn2C(C)C)C(C2CC2)C2CC2)cc1.